The fraction of sp³-hybridized carbons (Fsp3) is 0.538. The maximum atomic E-state index is 4.43. The number of nitrogens with zero attached hydrogens (tertiary/aromatic N) is 4. The Morgan fingerprint density at radius 1 is 1.18 bits per heavy atom. The highest BCUT2D eigenvalue weighted by Gasteiger charge is 2.26. The molecule has 0 radical (unpaired) electrons. The summed E-state index contributed by atoms with van der Waals surface area (Å²) < 4.78 is 1.81. The molecule has 0 aliphatic carbocycles. The molecule has 1 unspecified atom stereocenters. The SMILES string of the molecule is CC(C)c1ccc([N+]2=CC(C(C)C)N=N2)cn1. The lowest BCUT2D eigenvalue weighted by molar-refractivity contribution is -0.444. The van der Waals surface area contributed by atoms with Crippen LogP contribution in [0, 0.1) is 5.92 Å². The molecule has 0 aromatic carbocycles. The van der Waals surface area contributed by atoms with Crippen LogP contribution in [0.25, 0.3) is 0 Å². The molecule has 0 fully saturated rings. The van der Waals surface area contributed by atoms with Gasteiger partial charge in [0.25, 0.3) is 0 Å². The molecule has 0 bridgehead atoms. The minimum Gasteiger partial charge on any atom is -0.257 e. The second-order valence-corrected chi connectivity index (χ2v) is 5.03. The molecule has 4 heteroatoms. The smallest absolute Gasteiger partial charge is 0.225 e. The molecular weight excluding hydrogens is 212 g/mol. The van der Waals surface area contributed by atoms with E-state index in [-0.39, 0.29) is 6.04 Å². The van der Waals surface area contributed by atoms with Gasteiger partial charge >= 0.3 is 0 Å². The van der Waals surface area contributed by atoms with Crippen molar-refractivity contribution in [2.24, 2.45) is 16.3 Å². The summed E-state index contributed by atoms with van der Waals surface area (Å²) >= 11 is 0. The van der Waals surface area contributed by atoms with Gasteiger partial charge in [-0.2, -0.15) is 0 Å². The molecule has 1 atom stereocenters. The van der Waals surface area contributed by atoms with Crippen molar-refractivity contribution in [3.8, 4) is 0 Å². The van der Waals surface area contributed by atoms with Gasteiger partial charge in [-0.05, 0) is 18.1 Å². The van der Waals surface area contributed by atoms with E-state index in [9.17, 15) is 0 Å². The molecule has 2 rings (SSSR count). The Hall–Kier alpha value is -1.58. The van der Waals surface area contributed by atoms with Crippen molar-refractivity contribution in [2.75, 3.05) is 0 Å². The zero-order chi connectivity index (χ0) is 12.4. The van der Waals surface area contributed by atoms with E-state index in [0.717, 1.165) is 11.4 Å². The Kier molecular flexibility index (Phi) is 3.31. The van der Waals surface area contributed by atoms with Crippen LogP contribution in [-0.4, -0.2) is 21.9 Å². The molecule has 1 aliphatic rings. The predicted molar refractivity (Wildman–Crippen MR) is 67.8 cm³/mol. The van der Waals surface area contributed by atoms with Crippen LogP contribution in [0.4, 0.5) is 5.69 Å². The van der Waals surface area contributed by atoms with Crippen LogP contribution >= 0.6 is 0 Å². The van der Waals surface area contributed by atoms with E-state index in [1.54, 1.807) is 0 Å². The van der Waals surface area contributed by atoms with Gasteiger partial charge in [-0.3, -0.25) is 4.98 Å². The van der Waals surface area contributed by atoms with Crippen LogP contribution in [-0.2, 0) is 0 Å². The Bertz CT molecular complexity index is 443. The van der Waals surface area contributed by atoms with Gasteiger partial charge in [0.2, 0.25) is 6.04 Å². The van der Waals surface area contributed by atoms with Gasteiger partial charge in [0.1, 0.15) is 11.4 Å². The highest BCUT2D eigenvalue weighted by Crippen LogP contribution is 2.19. The molecule has 4 nitrogen and oxygen atoms in total. The van der Waals surface area contributed by atoms with E-state index in [0.29, 0.717) is 11.8 Å². The maximum Gasteiger partial charge on any atom is 0.225 e. The molecule has 1 aliphatic heterocycles. The van der Waals surface area contributed by atoms with Gasteiger partial charge in [0.15, 0.2) is 5.69 Å². The quantitative estimate of drug-likeness (QED) is 0.735. The molecule has 0 spiro atoms. The van der Waals surface area contributed by atoms with E-state index in [1.807, 2.05) is 29.2 Å². The minimum atomic E-state index is 0.180. The largest absolute Gasteiger partial charge is 0.257 e. The number of hydrogen-bond acceptors (Lipinski definition) is 3. The van der Waals surface area contributed by atoms with Crippen molar-refractivity contribution in [3.05, 3.63) is 24.0 Å². The molecule has 1 aromatic rings. The van der Waals surface area contributed by atoms with Crippen molar-refractivity contribution in [1.82, 2.24) is 4.98 Å². The predicted octanol–water partition coefficient (Wildman–Crippen LogP) is 3.33. The first-order chi connectivity index (χ1) is 8.08. The molecule has 90 valence electrons. The highest BCUT2D eigenvalue weighted by atomic mass is 15.5. The third kappa shape index (κ3) is 2.57. The van der Waals surface area contributed by atoms with Crippen LogP contribution in [0.2, 0.25) is 0 Å². The topological polar surface area (TPSA) is 40.6 Å². The summed E-state index contributed by atoms with van der Waals surface area (Å²) in [5.74, 6) is 0.934. The third-order valence-corrected chi connectivity index (χ3v) is 2.89. The van der Waals surface area contributed by atoms with E-state index >= 15 is 0 Å². The number of aromatic nitrogens is 1. The molecule has 0 saturated carbocycles. The number of rotatable bonds is 3. The summed E-state index contributed by atoms with van der Waals surface area (Å²) in [6, 6.07) is 4.27. The van der Waals surface area contributed by atoms with Crippen molar-refractivity contribution >= 4 is 11.9 Å². The van der Waals surface area contributed by atoms with Crippen LogP contribution in [0.5, 0.6) is 0 Å². The lowest BCUT2D eigenvalue weighted by Crippen LogP contribution is -2.13. The van der Waals surface area contributed by atoms with Gasteiger partial charge in [-0.1, -0.05) is 27.7 Å². The summed E-state index contributed by atoms with van der Waals surface area (Å²) in [6.07, 6.45) is 3.89. The average molecular weight is 231 g/mol. The van der Waals surface area contributed by atoms with Crippen LogP contribution in [0.15, 0.2) is 28.7 Å². The third-order valence-electron chi connectivity index (χ3n) is 2.89. The van der Waals surface area contributed by atoms with Crippen LogP contribution in [0.1, 0.15) is 39.3 Å². The fourth-order valence-corrected chi connectivity index (χ4v) is 1.64. The molecule has 2 heterocycles. The molecule has 0 N–H and O–H groups in total. The van der Waals surface area contributed by atoms with E-state index in [2.05, 4.69) is 43.0 Å². The van der Waals surface area contributed by atoms with Gasteiger partial charge < -0.3 is 0 Å². The Morgan fingerprint density at radius 3 is 2.41 bits per heavy atom. The molecule has 1 aromatic heterocycles. The van der Waals surface area contributed by atoms with E-state index < -0.39 is 0 Å². The zero-order valence-corrected chi connectivity index (χ0v) is 10.8. The first-order valence-corrected chi connectivity index (χ1v) is 6.09. The van der Waals surface area contributed by atoms with Crippen molar-refractivity contribution in [1.29, 1.82) is 0 Å². The Balaban J connectivity index is 2.20. The van der Waals surface area contributed by atoms with Gasteiger partial charge in [-0.25, -0.2) is 0 Å². The van der Waals surface area contributed by atoms with E-state index in [4.69, 9.17) is 0 Å². The van der Waals surface area contributed by atoms with Crippen molar-refractivity contribution in [2.45, 2.75) is 39.7 Å². The lowest BCUT2D eigenvalue weighted by Gasteiger charge is -2.03. The molecular formula is C13H19N4+. The zero-order valence-electron chi connectivity index (χ0n) is 10.8. The summed E-state index contributed by atoms with van der Waals surface area (Å²) in [4.78, 5) is 4.43. The summed E-state index contributed by atoms with van der Waals surface area (Å²) in [5.41, 5.74) is 2.08. The summed E-state index contributed by atoms with van der Waals surface area (Å²) in [6.45, 7) is 8.56. The standard InChI is InChI=1S/C13H19N4/c1-9(2)12-6-5-11(7-14-12)17-8-13(10(3)4)15-16-17/h5-10,13H,1-4H3/q+1. The lowest BCUT2D eigenvalue weighted by atomic mass is 10.1. The second-order valence-electron chi connectivity index (χ2n) is 5.03. The van der Waals surface area contributed by atoms with Crippen LogP contribution < -0.4 is 0 Å². The van der Waals surface area contributed by atoms with E-state index in [1.165, 1.54) is 0 Å². The van der Waals surface area contributed by atoms with Crippen molar-refractivity contribution < 1.29 is 4.68 Å². The first kappa shape index (κ1) is 11.9. The summed E-state index contributed by atoms with van der Waals surface area (Å²) in [7, 11) is 0. The minimum absolute atomic E-state index is 0.180. The molecule has 0 amide bonds. The normalized spacial score (nSPS) is 19.2. The molecule has 0 saturated heterocycles. The summed E-state index contributed by atoms with van der Waals surface area (Å²) in [5, 5.41) is 8.36. The van der Waals surface area contributed by atoms with Gasteiger partial charge in [-0.15, -0.1) is 4.68 Å². The van der Waals surface area contributed by atoms with Gasteiger partial charge in [0, 0.05) is 16.7 Å². The monoisotopic (exact) mass is 231 g/mol. The fourth-order valence-electron chi connectivity index (χ4n) is 1.64. The number of hydrogen-bond donors (Lipinski definition) is 0. The highest BCUT2D eigenvalue weighted by molar-refractivity contribution is 5.62. The average Bonchev–Trinajstić information content (AvgIpc) is 2.78. The maximum absolute atomic E-state index is 4.43. The number of pyridine rings is 1. The Morgan fingerprint density at radius 2 is 1.94 bits per heavy atom. The first-order valence-electron chi connectivity index (χ1n) is 6.09. The molecule has 17 heavy (non-hydrogen) atoms. The Labute approximate surface area is 102 Å². The van der Waals surface area contributed by atoms with Crippen LogP contribution in [0.3, 0.4) is 0 Å². The second kappa shape index (κ2) is 4.73. The van der Waals surface area contributed by atoms with Gasteiger partial charge in [0.05, 0.1) is 6.20 Å². The van der Waals surface area contributed by atoms with Crippen molar-refractivity contribution in [3.63, 3.8) is 0 Å².